The number of para-hydroxylation sites is 2. The van der Waals surface area contributed by atoms with E-state index >= 15 is 0 Å². The zero-order chi connectivity index (χ0) is 13.9. The number of anilines is 1. The first kappa shape index (κ1) is 13.1. The van der Waals surface area contributed by atoms with E-state index in [0.717, 1.165) is 36.2 Å². The summed E-state index contributed by atoms with van der Waals surface area (Å²) in [5.41, 5.74) is 1.69. The van der Waals surface area contributed by atoms with Gasteiger partial charge in [0, 0.05) is 6.54 Å². The Labute approximate surface area is 118 Å². The summed E-state index contributed by atoms with van der Waals surface area (Å²) >= 11 is 0. The van der Waals surface area contributed by atoms with Gasteiger partial charge in [-0.25, -0.2) is 9.97 Å². The minimum atomic E-state index is 0.115. The van der Waals surface area contributed by atoms with Crippen molar-refractivity contribution in [2.45, 2.75) is 25.8 Å². The molecule has 0 saturated carbocycles. The highest BCUT2D eigenvalue weighted by Crippen LogP contribution is 2.32. The molecule has 0 radical (unpaired) electrons. The summed E-state index contributed by atoms with van der Waals surface area (Å²) in [5.74, 6) is 1.31. The molecule has 0 amide bonds. The number of hydrogen-bond acceptors (Lipinski definition) is 5. The van der Waals surface area contributed by atoms with E-state index in [-0.39, 0.29) is 12.6 Å². The van der Waals surface area contributed by atoms with E-state index in [0.29, 0.717) is 12.5 Å². The van der Waals surface area contributed by atoms with Crippen molar-refractivity contribution in [1.29, 1.82) is 0 Å². The van der Waals surface area contributed by atoms with E-state index < -0.39 is 0 Å². The van der Waals surface area contributed by atoms with E-state index in [1.54, 1.807) is 0 Å². The number of fused-ring (bicyclic) bond motifs is 1. The van der Waals surface area contributed by atoms with Gasteiger partial charge in [0.2, 0.25) is 0 Å². The molecule has 5 heteroatoms. The Bertz CT molecular complexity index is 603. The topological polar surface area (TPSA) is 58.5 Å². The second kappa shape index (κ2) is 5.63. The Morgan fingerprint density at radius 3 is 2.75 bits per heavy atom. The van der Waals surface area contributed by atoms with Crippen LogP contribution in [0.15, 0.2) is 24.3 Å². The molecule has 1 aromatic carbocycles. The predicted molar refractivity (Wildman–Crippen MR) is 78.2 cm³/mol. The minimum absolute atomic E-state index is 0.115. The van der Waals surface area contributed by atoms with Crippen LogP contribution in [0.1, 0.15) is 19.8 Å². The van der Waals surface area contributed by atoms with Gasteiger partial charge in [0.25, 0.3) is 5.88 Å². The largest absolute Gasteiger partial charge is 0.475 e. The first-order valence-electron chi connectivity index (χ1n) is 7.10. The van der Waals surface area contributed by atoms with E-state index in [4.69, 9.17) is 9.72 Å². The molecule has 20 heavy (non-hydrogen) atoms. The summed E-state index contributed by atoms with van der Waals surface area (Å²) in [6.45, 7) is 3.52. The van der Waals surface area contributed by atoms with Crippen LogP contribution in [0.5, 0.6) is 5.88 Å². The first-order valence-corrected chi connectivity index (χ1v) is 7.10. The number of hydrogen-bond donors (Lipinski definition) is 1. The zero-order valence-electron chi connectivity index (χ0n) is 11.6. The fraction of sp³-hybridized carbons (Fsp3) is 0.467. The van der Waals surface area contributed by atoms with Crippen molar-refractivity contribution in [3.8, 4) is 5.88 Å². The van der Waals surface area contributed by atoms with E-state index in [1.165, 1.54) is 0 Å². The Kier molecular flexibility index (Phi) is 3.69. The third-order valence-corrected chi connectivity index (χ3v) is 3.66. The van der Waals surface area contributed by atoms with Gasteiger partial charge in [-0.05, 0) is 31.9 Å². The van der Waals surface area contributed by atoms with Crippen LogP contribution < -0.4 is 9.64 Å². The molecule has 106 valence electrons. The lowest BCUT2D eigenvalue weighted by Gasteiger charge is -2.25. The molecular formula is C15H19N3O2. The quantitative estimate of drug-likeness (QED) is 0.923. The van der Waals surface area contributed by atoms with Crippen molar-refractivity contribution in [2.75, 3.05) is 24.7 Å². The van der Waals surface area contributed by atoms with Gasteiger partial charge in [-0.1, -0.05) is 12.1 Å². The number of aliphatic hydroxyl groups is 1. The van der Waals surface area contributed by atoms with Crippen LogP contribution in [-0.2, 0) is 0 Å². The summed E-state index contributed by atoms with van der Waals surface area (Å²) in [6.07, 6.45) is 2.04. The molecule has 0 aliphatic carbocycles. The van der Waals surface area contributed by atoms with Crippen LogP contribution in [0.4, 0.5) is 5.82 Å². The fourth-order valence-electron chi connectivity index (χ4n) is 2.70. The molecule has 1 fully saturated rings. The normalized spacial score (nSPS) is 18.7. The highest BCUT2D eigenvalue weighted by Gasteiger charge is 2.28. The number of rotatable bonds is 4. The third-order valence-electron chi connectivity index (χ3n) is 3.66. The minimum Gasteiger partial charge on any atom is -0.475 e. The Balaban J connectivity index is 2.09. The average Bonchev–Trinajstić information content (AvgIpc) is 2.95. The first-order chi connectivity index (χ1) is 9.83. The molecule has 1 aliphatic rings. The molecule has 5 nitrogen and oxygen atoms in total. The van der Waals surface area contributed by atoms with Crippen molar-refractivity contribution in [2.24, 2.45) is 0 Å². The summed E-state index contributed by atoms with van der Waals surface area (Å²) in [4.78, 5) is 11.4. The molecule has 0 bridgehead atoms. The van der Waals surface area contributed by atoms with Crippen LogP contribution in [-0.4, -0.2) is 40.9 Å². The van der Waals surface area contributed by atoms with Gasteiger partial charge < -0.3 is 14.7 Å². The lowest BCUT2D eigenvalue weighted by Crippen LogP contribution is -2.33. The van der Waals surface area contributed by atoms with Gasteiger partial charge in [-0.3, -0.25) is 0 Å². The van der Waals surface area contributed by atoms with Gasteiger partial charge in [0.1, 0.15) is 0 Å². The van der Waals surface area contributed by atoms with Gasteiger partial charge in [0.15, 0.2) is 5.82 Å². The van der Waals surface area contributed by atoms with Crippen LogP contribution in [0, 0.1) is 0 Å². The van der Waals surface area contributed by atoms with Crippen LogP contribution in [0.2, 0.25) is 0 Å². The highest BCUT2D eigenvalue weighted by atomic mass is 16.5. The van der Waals surface area contributed by atoms with Crippen LogP contribution in [0.3, 0.4) is 0 Å². The summed E-state index contributed by atoms with van der Waals surface area (Å²) < 4.78 is 5.65. The molecule has 3 rings (SSSR count). The number of nitrogens with zero attached hydrogens (tertiary/aromatic N) is 3. The number of aliphatic hydroxyl groups excluding tert-OH is 1. The summed E-state index contributed by atoms with van der Waals surface area (Å²) in [5, 5.41) is 9.50. The molecule has 2 aromatic rings. The van der Waals surface area contributed by atoms with Crippen molar-refractivity contribution < 1.29 is 9.84 Å². The SMILES string of the molecule is CCOc1nc2ccccc2nc1N1CCC[C@H]1CO. The molecule has 1 N–H and O–H groups in total. The maximum Gasteiger partial charge on any atom is 0.258 e. The predicted octanol–water partition coefficient (Wildman–Crippen LogP) is 1.99. The summed E-state index contributed by atoms with van der Waals surface area (Å²) in [6, 6.07) is 7.89. The molecule has 1 atom stereocenters. The van der Waals surface area contributed by atoms with E-state index in [1.807, 2.05) is 31.2 Å². The van der Waals surface area contributed by atoms with Gasteiger partial charge in [-0.15, -0.1) is 0 Å². The number of ether oxygens (including phenoxy) is 1. The summed E-state index contributed by atoms with van der Waals surface area (Å²) in [7, 11) is 0. The van der Waals surface area contributed by atoms with Crippen molar-refractivity contribution in [3.05, 3.63) is 24.3 Å². The fourth-order valence-corrected chi connectivity index (χ4v) is 2.70. The Morgan fingerprint density at radius 1 is 1.30 bits per heavy atom. The monoisotopic (exact) mass is 273 g/mol. The van der Waals surface area contributed by atoms with Gasteiger partial charge in [-0.2, -0.15) is 0 Å². The van der Waals surface area contributed by atoms with Crippen LogP contribution >= 0.6 is 0 Å². The molecule has 1 aliphatic heterocycles. The van der Waals surface area contributed by atoms with Crippen molar-refractivity contribution in [3.63, 3.8) is 0 Å². The van der Waals surface area contributed by atoms with Crippen molar-refractivity contribution >= 4 is 16.9 Å². The number of benzene rings is 1. The molecule has 1 aromatic heterocycles. The van der Waals surface area contributed by atoms with Gasteiger partial charge in [0.05, 0.1) is 30.3 Å². The van der Waals surface area contributed by atoms with Crippen LogP contribution in [0.25, 0.3) is 11.0 Å². The van der Waals surface area contributed by atoms with Gasteiger partial charge >= 0.3 is 0 Å². The zero-order valence-corrected chi connectivity index (χ0v) is 11.6. The lowest BCUT2D eigenvalue weighted by atomic mass is 10.2. The maximum atomic E-state index is 9.50. The number of aromatic nitrogens is 2. The molecule has 0 spiro atoms. The lowest BCUT2D eigenvalue weighted by molar-refractivity contribution is 0.264. The Hall–Kier alpha value is -1.88. The Morgan fingerprint density at radius 2 is 2.05 bits per heavy atom. The molecule has 2 heterocycles. The highest BCUT2D eigenvalue weighted by molar-refractivity contribution is 5.77. The second-order valence-electron chi connectivity index (χ2n) is 4.95. The maximum absolute atomic E-state index is 9.50. The molecule has 1 saturated heterocycles. The average molecular weight is 273 g/mol. The van der Waals surface area contributed by atoms with E-state index in [9.17, 15) is 5.11 Å². The third kappa shape index (κ3) is 2.29. The smallest absolute Gasteiger partial charge is 0.258 e. The molecular weight excluding hydrogens is 254 g/mol. The second-order valence-corrected chi connectivity index (χ2v) is 4.95. The molecule has 0 unspecified atom stereocenters. The standard InChI is InChI=1S/C15H19N3O2/c1-2-20-15-14(18-9-5-6-11(18)10-19)16-12-7-3-4-8-13(12)17-15/h3-4,7-8,11,19H,2,5-6,9-10H2,1H3/t11-/m0/s1. The van der Waals surface area contributed by atoms with Crippen molar-refractivity contribution in [1.82, 2.24) is 9.97 Å². The van der Waals surface area contributed by atoms with E-state index in [2.05, 4.69) is 9.88 Å².